The summed E-state index contributed by atoms with van der Waals surface area (Å²) in [5.74, 6) is -3.59. The van der Waals surface area contributed by atoms with Gasteiger partial charge in [0, 0.05) is 0 Å². The van der Waals surface area contributed by atoms with Crippen molar-refractivity contribution in [2.24, 2.45) is 0 Å². The van der Waals surface area contributed by atoms with E-state index in [1.807, 2.05) is 19.9 Å². The minimum atomic E-state index is -1.39. The quantitative estimate of drug-likeness (QED) is 0.437. The minimum Gasteiger partial charge on any atom is -0.496 e. The normalized spacial score (nSPS) is 15.1. The van der Waals surface area contributed by atoms with E-state index < -0.39 is 41.9 Å². The Labute approximate surface area is 207 Å². The number of halogens is 1. The smallest absolute Gasteiger partial charge is 0.276 e. The van der Waals surface area contributed by atoms with Gasteiger partial charge >= 0.3 is 0 Å². The van der Waals surface area contributed by atoms with E-state index in [4.69, 9.17) is 4.74 Å². The van der Waals surface area contributed by atoms with Crippen molar-refractivity contribution in [2.75, 3.05) is 12.0 Å². The van der Waals surface area contributed by atoms with E-state index >= 15 is 0 Å². The summed E-state index contributed by atoms with van der Waals surface area (Å²) in [5.41, 5.74) is 4.20. The number of imide groups is 1. The van der Waals surface area contributed by atoms with Crippen LogP contribution >= 0.6 is 0 Å². The number of ether oxygens (including phenoxy) is 1. The first-order chi connectivity index (χ1) is 17.2. The van der Waals surface area contributed by atoms with E-state index in [0.717, 1.165) is 27.1 Å². The number of anilines is 1. The van der Waals surface area contributed by atoms with Crippen molar-refractivity contribution in [3.05, 3.63) is 94.8 Å². The predicted octanol–water partition coefficient (Wildman–Crippen LogP) is 3.57. The summed E-state index contributed by atoms with van der Waals surface area (Å²) in [5, 5.41) is 0.732. The van der Waals surface area contributed by atoms with E-state index in [1.165, 1.54) is 31.4 Å². The molecule has 0 radical (unpaired) electrons. The van der Waals surface area contributed by atoms with Gasteiger partial charge in [-0.3, -0.25) is 24.6 Å². The van der Waals surface area contributed by atoms with Gasteiger partial charge in [-0.15, -0.1) is 0 Å². The zero-order chi connectivity index (χ0) is 26.0. The maximum absolute atomic E-state index is 14.5. The topological polar surface area (TPSA) is 96.0 Å². The lowest BCUT2D eigenvalue weighted by atomic mass is 10.1. The SMILES string of the molecule is COc1ccccc1C(=O)NN(C(=O)c1ccccc1F)C1CC(=O)N(c2cc(C)cc(C)c2)C1=O. The van der Waals surface area contributed by atoms with Crippen molar-refractivity contribution in [1.29, 1.82) is 0 Å². The summed E-state index contributed by atoms with van der Waals surface area (Å²) in [7, 11) is 1.38. The van der Waals surface area contributed by atoms with Crippen LogP contribution in [-0.2, 0) is 9.59 Å². The fraction of sp³-hybridized carbons (Fsp3) is 0.185. The predicted molar refractivity (Wildman–Crippen MR) is 130 cm³/mol. The molecule has 1 saturated heterocycles. The highest BCUT2D eigenvalue weighted by molar-refractivity contribution is 6.23. The monoisotopic (exact) mass is 489 g/mol. The van der Waals surface area contributed by atoms with Crippen molar-refractivity contribution < 1.29 is 28.3 Å². The van der Waals surface area contributed by atoms with Crippen LogP contribution in [0.1, 0.15) is 38.3 Å². The lowest BCUT2D eigenvalue weighted by molar-refractivity contribution is -0.122. The summed E-state index contributed by atoms with van der Waals surface area (Å²) >= 11 is 0. The Bertz CT molecular complexity index is 1350. The second kappa shape index (κ2) is 9.99. The lowest BCUT2D eigenvalue weighted by Crippen LogP contribution is -2.55. The largest absolute Gasteiger partial charge is 0.496 e. The molecule has 1 unspecified atom stereocenters. The van der Waals surface area contributed by atoms with Crippen LogP contribution in [0.4, 0.5) is 10.1 Å². The van der Waals surface area contributed by atoms with Crippen LogP contribution in [0.2, 0.25) is 0 Å². The molecule has 0 aromatic heterocycles. The number of para-hydroxylation sites is 1. The maximum atomic E-state index is 14.5. The van der Waals surface area contributed by atoms with Gasteiger partial charge in [-0.05, 0) is 61.4 Å². The Hall–Kier alpha value is -4.53. The highest BCUT2D eigenvalue weighted by Gasteiger charge is 2.46. The fourth-order valence-electron chi connectivity index (χ4n) is 4.21. The number of aryl methyl sites for hydroxylation is 2. The third-order valence-corrected chi connectivity index (χ3v) is 5.80. The van der Waals surface area contributed by atoms with Crippen molar-refractivity contribution in [1.82, 2.24) is 10.4 Å². The van der Waals surface area contributed by atoms with Gasteiger partial charge in [0.15, 0.2) is 0 Å². The molecule has 3 aromatic rings. The molecular formula is C27H24FN3O5. The average Bonchev–Trinajstić information content (AvgIpc) is 3.15. The van der Waals surface area contributed by atoms with E-state index in [1.54, 1.807) is 30.3 Å². The molecule has 1 aliphatic heterocycles. The zero-order valence-corrected chi connectivity index (χ0v) is 19.9. The van der Waals surface area contributed by atoms with Gasteiger partial charge in [0.1, 0.15) is 17.6 Å². The number of amides is 4. The van der Waals surface area contributed by atoms with E-state index in [-0.39, 0.29) is 16.9 Å². The lowest BCUT2D eigenvalue weighted by Gasteiger charge is -2.28. The zero-order valence-electron chi connectivity index (χ0n) is 19.9. The number of benzene rings is 3. The standard InChI is InChI=1S/C27H24FN3O5/c1-16-12-17(2)14-18(13-16)30-24(32)15-22(27(30)35)31(26(34)19-8-4-6-10-21(19)28)29-25(33)20-9-5-7-11-23(20)36-3/h4-14,22H,15H2,1-3H3,(H,29,33). The van der Waals surface area contributed by atoms with Crippen LogP contribution in [0, 0.1) is 19.7 Å². The number of hydrazine groups is 1. The highest BCUT2D eigenvalue weighted by Crippen LogP contribution is 2.28. The number of nitrogens with one attached hydrogen (secondary N) is 1. The Morgan fingerprint density at radius 2 is 1.58 bits per heavy atom. The molecule has 184 valence electrons. The summed E-state index contributed by atoms with van der Waals surface area (Å²) in [6.45, 7) is 3.67. The molecule has 36 heavy (non-hydrogen) atoms. The van der Waals surface area contributed by atoms with E-state index in [9.17, 15) is 23.6 Å². The first kappa shape index (κ1) is 24.6. The second-order valence-corrected chi connectivity index (χ2v) is 8.43. The molecule has 3 aromatic carbocycles. The maximum Gasteiger partial charge on any atom is 0.276 e. The number of hydrogen-bond acceptors (Lipinski definition) is 5. The molecule has 0 bridgehead atoms. The molecule has 0 spiro atoms. The van der Waals surface area contributed by atoms with Gasteiger partial charge in [0.05, 0.1) is 30.3 Å². The molecule has 1 atom stereocenters. The summed E-state index contributed by atoms with van der Waals surface area (Å²) in [6.07, 6.45) is -0.391. The molecule has 9 heteroatoms. The number of rotatable bonds is 5. The number of carbonyl (C=O) groups is 4. The van der Waals surface area contributed by atoms with E-state index in [2.05, 4.69) is 5.43 Å². The number of methoxy groups -OCH3 is 1. The molecule has 1 fully saturated rings. The number of carbonyl (C=O) groups excluding carboxylic acids is 4. The van der Waals surface area contributed by atoms with E-state index in [0.29, 0.717) is 5.69 Å². The Balaban J connectivity index is 1.73. The van der Waals surface area contributed by atoms with Crippen LogP contribution in [0.15, 0.2) is 66.7 Å². The van der Waals surface area contributed by atoms with Crippen LogP contribution in [0.3, 0.4) is 0 Å². The molecule has 0 saturated carbocycles. The Morgan fingerprint density at radius 3 is 2.22 bits per heavy atom. The fourth-order valence-corrected chi connectivity index (χ4v) is 4.21. The minimum absolute atomic E-state index is 0.0919. The highest BCUT2D eigenvalue weighted by atomic mass is 19.1. The molecule has 1 aliphatic rings. The third kappa shape index (κ3) is 4.68. The molecule has 4 rings (SSSR count). The number of nitrogens with zero attached hydrogens (tertiary/aromatic N) is 2. The first-order valence-corrected chi connectivity index (χ1v) is 11.2. The summed E-state index contributed by atoms with van der Waals surface area (Å²) < 4.78 is 19.7. The molecular weight excluding hydrogens is 465 g/mol. The molecule has 4 amide bonds. The van der Waals surface area contributed by atoms with Gasteiger partial charge < -0.3 is 4.74 Å². The third-order valence-electron chi connectivity index (χ3n) is 5.80. The summed E-state index contributed by atoms with van der Waals surface area (Å²) in [6, 6.07) is 15.4. The Morgan fingerprint density at radius 1 is 0.972 bits per heavy atom. The number of hydrogen-bond donors (Lipinski definition) is 1. The van der Waals surface area contributed by atoms with Crippen molar-refractivity contribution in [3.63, 3.8) is 0 Å². The Kier molecular flexibility index (Phi) is 6.82. The van der Waals surface area contributed by atoms with Crippen molar-refractivity contribution in [3.8, 4) is 5.75 Å². The first-order valence-electron chi connectivity index (χ1n) is 11.2. The molecule has 1 heterocycles. The van der Waals surface area contributed by atoms with Gasteiger partial charge in [-0.1, -0.05) is 30.3 Å². The molecule has 0 aliphatic carbocycles. The van der Waals surface area contributed by atoms with Crippen LogP contribution in [0.5, 0.6) is 5.75 Å². The van der Waals surface area contributed by atoms with Crippen molar-refractivity contribution >= 4 is 29.3 Å². The van der Waals surface area contributed by atoms with Gasteiger partial charge in [-0.2, -0.15) is 0 Å². The van der Waals surface area contributed by atoms with Crippen LogP contribution < -0.4 is 15.1 Å². The second-order valence-electron chi connectivity index (χ2n) is 8.43. The van der Waals surface area contributed by atoms with Crippen molar-refractivity contribution in [2.45, 2.75) is 26.3 Å². The molecule has 8 nitrogen and oxygen atoms in total. The molecule has 1 N–H and O–H groups in total. The van der Waals surface area contributed by atoms with Gasteiger partial charge in [0.25, 0.3) is 17.7 Å². The van der Waals surface area contributed by atoms with Crippen LogP contribution in [-0.4, -0.2) is 41.8 Å². The summed E-state index contributed by atoms with van der Waals surface area (Å²) in [4.78, 5) is 54.0. The van der Waals surface area contributed by atoms with Gasteiger partial charge in [-0.25, -0.2) is 14.3 Å². The van der Waals surface area contributed by atoms with Crippen LogP contribution in [0.25, 0.3) is 0 Å². The van der Waals surface area contributed by atoms with Gasteiger partial charge in [0.2, 0.25) is 5.91 Å². The average molecular weight is 490 g/mol.